The first-order valence-corrected chi connectivity index (χ1v) is 8.62. The maximum Gasteiger partial charge on any atom is 0.416 e. The number of alkyl halides is 3. The highest BCUT2D eigenvalue weighted by Gasteiger charge is 2.30. The lowest BCUT2D eigenvalue weighted by atomic mass is 10.1. The molecule has 4 nitrogen and oxygen atoms in total. The van der Waals surface area contributed by atoms with Crippen molar-refractivity contribution in [2.45, 2.75) is 19.3 Å². The van der Waals surface area contributed by atoms with Crippen molar-refractivity contribution in [3.8, 4) is 0 Å². The van der Waals surface area contributed by atoms with Gasteiger partial charge < -0.3 is 13.9 Å². The Morgan fingerprint density at radius 3 is 2.68 bits per heavy atom. The van der Waals surface area contributed by atoms with E-state index in [-0.39, 0.29) is 24.8 Å². The first-order chi connectivity index (χ1) is 13.4. The predicted octanol–water partition coefficient (Wildman–Crippen LogP) is 4.98. The molecule has 2 aromatic heterocycles. The molecule has 0 radical (unpaired) electrons. The molecule has 0 aliphatic carbocycles. The lowest BCUT2D eigenvalue weighted by Gasteiger charge is -2.21. The number of halogens is 3. The van der Waals surface area contributed by atoms with E-state index >= 15 is 0 Å². The van der Waals surface area contributed by atoms with E-state index < -0.39 is 11.7 Å². The number of aromatic nitrogens is 1. The monoisotopic (exact) mass is 388 g/mol. The summed E-state index contributed by atoms with van der Waals surface area (Å²) in [7, 11) is 0. The lowest BCUT2D eigenvalue weighted by molar-refractivity contribution is -0.137. The van der Waals surface area contributed by atoms with Gasteiger partial charge in [-0.1, -0.05) is 18.2 Å². The van der Waals surface area contributed by atoms with Crippen LogP contribution in [0, 0.1) is 0 Å². The Labute approximate surface area is 160 Å². The van der Waals surface area contributed by atoms with E-state index in [1.54, 1.807) is 41.4 Å². The highest BCUT2D eigenvalue weighted by molar-refractivity contribution is 5.91. The molecular weight excluding hydrogens is 369 g/mol. The largest absolute Gasteiger partial charge is 0.459 e. The van der Waals surface area contributed by atoms with Crippen molar-refractivity contribution >= 4 is 5.91 Å². The zero-order valence-electron chi connectivity index (χ0n) is 15.0. The summed E-state index contributed by atoms with van der Waals surface area (Å²) < 4.78 is 45.8. The highest BCUT2D eigenvalue weighted by Crippen LogP contribution is 2.29. The summed E-state index contributed by atoms with van der Waals surface area (Å²) in [6.45, 7) is 4.53. The van der Waals surface area contributed by atoms with Crippen LogP contribution in [-0.2, 0) is 19.3 Å². The van der Waals surface area contributed by atoms with Gasteiger partial charge in [0.05, 0.1) is 18.4 Å². The van der Waals surface area contributed by atoms with Crippen molar-refractivity contribution in [2.24, 2.45) is 0 Å². The second-order valence-electron chi connectivity index (χ2n) is 6.28. The van der Waals surface area contributed by atoms with Gasteiger partial charge in [0.2, 0.25) is 0 Å². The average Bonchev–Trinajstić information content (AvgIpc) is 3.33. The summed E-state index contributed by atoms with van der Waals surface area (Å²) in [5.74, 6) is -0.0606. The number of furan rings is 1. The average molecular weight is 388 g/mol. The molecule has 28 heavy (non-hydrogen) atoms. The third-order valence-electron chi connectivity index (χ3n) is 4.25. The predicted molar refractivity (Wildman–Crippen MR) is 98.6 cm³/mol. The maximum absolute atomic E-state index is 12.9. The number of hydrogen-bond acceptors (Lipinski definition) is 2. The molecule has 0 aliphatic heterocycles. The van der Waals surface area contributed by atoms with E-state index in [2.05, 4.69) is 6.58 Å². The van der Waals surface area contributed by atoms with Crippen LogP contribution < -0.4 is 0 Å². The van der Waals surface area contributed by atoms with Gasteiger partial charge in [0.25, 0.3) is 5.91 Å². The molecule has 0 fully saturated rings. The highest BCUT2D eigenvalue weighted by atomic mass is 19.4. The Balaban J connectivity index is 1.79. The second kappa shape index (κ2) is 8.21. The maximum atomic E-state index is 12.9. The van der Waals surface area contributed by atoms with Crippen LogP contribution in [0.3, 0.4) is 0 Å². The molecule has 0 atom stereocenters. The van der Waals surface area contributed by atoms with Gasteiger partial charge >= 0.3 is 6.18 Å². The van der Waals surface area contributed by atoms with Crippen molar-refractivity contribution in [1.82, 2.24) is 9.47 Å². The third-order valence-corrected chi connectivity index (χ3v) is 4.25. The quantitative estimate of drug-likeness (QED) is 0.536. The van der Waals surface area contributed by atoms with E-state index in [4.69, 9.17) is 4.42 Å². The van der Waals surface area contributed by atoms with E-state index in [0.29, 0.717) is 12.1 Å². The minimum atomic E-state index is -4.38. The standard InChI is InChI=1S/C21H19F3N2O2/c1-2-10-26(20(27)19-9-5-12-28-19)15-18-8-4-11-25(18)14-16-6-3-7-17(13-16)21(22,23)24/h2-9,11-13H,1,10,14-15H2. The minimum Gasteiger partial charge on any atom is -0.459 e. The topological polar surface area (TPSA) is 38.4 Å². The van der Waals surface area contributed by atoms with Gasteiger partial charge in [-0.05, 0) is 42.0 Å². The Bertz CT molecular complexity index is 943. The van der Waals surface area contributed by atoms with Crippen LogP contribution >= 0.6 is 0 Å². The summed E-state index contributed by atoms with van der Waals surface area (Å²) in [5.41, 5.74) is 0.638. The van der Waals surface area contributed by atoms with Gasteiger partial charge in [-0.2, -0.15) is 13.2 Å². The number of amides is 1. The van der Waals surface area contributed by atoms with E-state index in [0.717, 1.165) is 17.8 Å². The first kappa shape index (κ1) is 19.5. The molecule has 0 N–H and O–H groups in total. The van der Waals surface area contributed by atoms with Gasteiger partial charge in [0, 0.05) is 25.0 Å². The van der Waals surface area contributed by atoms with Crippen LogP contribution in [0.25, 0.3) is 0 Å². The van der Waals surface area contributed by atoms with Crippen LogP contribution in [0.4, 0.5) is 13.2 Å². The van der Waals surface area contributed by atoms with Crippen LogP contribution in [0.1, 0.15) is 27.4 Å². The molecular formula is C21H19F3N2O2. The minimum absolute atomic E-state index is 0.220. The molecule has 0 saturated carbocycles. The van der Waals surface area contributed by atoms with Crippen molar-refractivity contribution in [3.05, 3.63) is 96.2 Å². The molecule has 7 heteroatoms. The Kier molecular flexibility index (Phi) is 5.73. The molecule has 1 amide bonds. The first-order valence-electron chi connectivity index (χ1n) is 8.62. The summed E-state index contributed by atoms with van der Waals surface area (Å²) in [5, 5.41) is 0. The van der Waals surface area contributed by atoms with Crippen LogP contribution in [0.2, 0.25) is 0 Å². The Hall–Kier alpha value is -3.22. The smallest absolute Gasteiger partial charge is 0.416 e. The van der Waals surface area contributed by atoms with E-state index in [9.17, 15) is 18.0 Å². The fraction of sp³-hybridized carbons (Fsp3) is 0.190. The molecule has 3 rings (SSSR count). The second-order valence-corrected chi connectivity index (χ2v) is 6.28. The molecule has 0 bridgehead atoms. The Morgan fingerprint density at radius 1 is 1.18 bits per heavy atom. The van der Waals surface area contributed by atoms with Gasteiger partial charge in [-0.25, -0.2) is 0 Å². The number of hydrogen-bond donors (Lipinski definition) is 0. The van der Waals surface area contributed by atoms with Gasteiger partial charge in [-0.3, -0.25) is 4.79 Å². The number of nitrogens with zero attached hydrogens (tertiary/aromatic N) is 2. The van der Waals surface area contributed by atoms with Crippen LogP contribution in [0.15, 0.2) is 78.1 Å². The Morgan fingerprint density at radius 2 is 2.00 bits per heavy atom. The molecule has 0 spiro atoms. The van der Waals surface area contributed by atoms with E-state index in [1.165, 1.54) is 12.3 Å². The normalized spacial score (nSPS) is 11.4. The zero-order valence-corrected chi connectivity index (χ0v) is 15.0. The SMILES string of the molecule is C=CCN(Cc1cccn1Cc1cccc(C(F)(F)F)c1)C(=O)c1ccco1. The molecule has 0 unspecified atom stereocenters. The van der Waals surface area contributed by atoms with Crippen molar-refractivity contribution < 1.29 is 22.4 Å². The van der Waals surface area contributed by atoms with Gasteiger partial charge in [0.1, 0.15) is 0 Å². The third kappa shape index (κ3) is 4.54. The molecule has 146 valence electrons. The van der Waals surface area contributed by atoms with Crippen molar-refractivity contribution in [1.29, 1.82) is 0 Å². The van der Waals surface area contributed by atoms with Crippen LogP contribution in [0.5, 0.6) is 0 Å². The van der Waals surface area contributed by atoms with Gasteiger partial charge in [0.15, 0.2) is 5.76 Å². The van der Waals surface area contributed by atoms with Crippen LogP contribution in [-0.4, -0.2) is 21.9 Å². The zero-order chi connectivity index (χ0) is 20.1. The summed E-state index contributed by atoms with van der Waals surface area (Å²) in [6, 6.07) is 12.1. The summed E-state index contributed by atoms with van der Waals surface area (Å²) >= 11 is 0. The van der Waals surface area contributed by atoms with E-state index in [1.807, 2.05) is 10.6 Å². The fourth-order valence-corrected chi connectivity index (χ4v) is 2.92. The molecule has 0 aliphatic rings. The molecule has 2 heterocycles. The van der Waals surface area contributed by atoms with Crippen molar-refractivity contribution in [3.63, 3.8) is 0 Å². The number of carbonyl (C=O) groups excluding carboxylic acids is 1. The van der Waals surface area contributed by atoms with Gasteiger partial charge in [-0.15, -0.1) is 6.58 Å². The number of benzene rings is 1. The number of rotatable bonds is 7. The lowest BCUT2D eigenvalue weighted by Crippen LogP contribution is -2.31. The number of carbonyl (C=O) groups is 1. The summed E-state index contributed by atoms with van der Waals surface area (Å²) in [4.78, 5) is 14.2. The molecule has 3 aromatic rings. The van der Waals surface area contributed by atoms with Crippen molar-refractivity contribution in [2.75, 3.05) is 6.54 Å². The summed E-state index contributed by atoms with van der Waals surface area (Å²) in [6.07, 6.45) is 0.432. The molecule has 0 saturated heterocycles. The molecule has 1 aromatic carbocycles. The fourth-order valence-electron chi connectivity index (χ4n) is 2.92.